The van der Waals surface area contributed by atoms with Crippen molar-refractivity contribution >= 4 is 22.7 Å². The number of benzene rings is 2. The van der Waals surface area contributed by atoms with E-state index in [-0.39, 0.29) is 10.6 Å². The predicted molar refractivity (Wildman–Crippen MR) is 117 cm³/mol. The molecule has 2 aromatic carbocycles. The summed E-state index contributed by atoms with van der Waals surface area (Å²) < 4.78 is 0. The molecule has 0 radical (unpaired) electrons. The molecule has 3 aromatic rings. The van der Waals surface area contributed by atoms with Crippen molar-refractivity contribution in [1.82, 2.24) is 4.98 Å². The van der Waals surface area contributed by atoms with Crippen molar-refractivity contribution in [3.05, 3.63) is 75.3 Å². The minimum Gasteiger partial charge on any atom is -0.360 e. The Balaban J connectivity index is 1.32. The topological polar surface area (TPSA) is 63.7 Å². The summed E-state index contributed by atoms with van der Waals surface area (Å²) >= 11 is 1.72. The van der Waals surface area contributed by atoms with E-state index in [1.807, 2.05) is 12.1 Å². The Morgan fingerprint density at radius 1 is 1.10 bits per heavy atom. The molecule has 1 N–H and O–H groups in total. The number of aromatic nitrogens is 1. The maximum atomic E-state index is 10.8. The van der Waals surface area contributed by atoms with Gasteiger partial charge >= 0.3 is 0 Å². The van der Waals surface area contributed by atoms with Gasteiger partial charge in [0.1, 0.15) is 17.2 Å². The van der Waals surface area contributed by atoms with Crippen molar-refractivity contribution in [1.29, 1.82) is 0 Å². The summed E-state index contributed by atoms with van der Waals surface area (Å²) in [5, 5.41) is 14.1. The summed E-state index contributed by atoms with van der Waals surface area (Å²) in [4.78, 5) is 19.1. The molecule has 1 aliphatic heterocycles. The van der Waals surface area contributed by atoms with E-state index in [0.717, 1.165) is 55.5 Å². The monoisotopic (exact) mass is 409 g/mol. The van der Waals surface area contributed by atoms with Crippen LogP contribution in [0.15, 0.2) is 53.9 Å². The lowest BCUT2D eigenvalue weighted by Gasteiger charge is -2.33. The van der Waals surface area contributed by atoms with E-state index in [0.29, 0.717) is 0 Å². The van der Waals surface area contributed by atoms with E-state index in [1.54, 1.807) is 23.5 Å². The van der Waals surface area contributed by atoms with Gasteiger partial charge in [-0.2, -0.15) is 0 Å². The number of nitrogens with one attached hydrogen (secondary N) is 1. The van der Waals surface area contributed by atoms with Crippen LogP contribution in [0.25, 0.3) is 10.6 Å². The number of nitrogens with zero attached hydrogens (tertiary/aromatic N) is 3. The largest absolute Gasteiger partial charge is 0.360 e. The Hall–Kier alpha value is -2.77. The van der Waals surface area contributed by atoms with Gasteiger partial charge in [0.15, 0.2) is 0 Å². The second-order valence-electron chi connectivity index (χ2n) is 7.38. The van der Waals surface area contributed by atoms with Crippen LogP contribution in [0.2, 0.25) is 0 Å². The van der Waals surface area contributed by atoms with Crippen LogP contribution in [0.5, 0.6) is 0 Å². The van der Waals surface area contributed by atoms with Gasteiger partial charge in [-0.3, -0.25) is 10.1 Å². The molecule has 0 unspecified atom stereocenters. The molecule has 0 amide bonds. The summed E-state index contributed by atoms with van der Waals surface area (Å²) in [6.07, 6.45) is 1.05. The maximum absolute atomic E-state index is 10.8. The van der Waals surface area contributed by atoms with Gasteiger partial charge in [-0.25, -0.2) is 4.98 Å². The van der Waals surface area contributed by atoms with Crippen molar-refractivity contribution in [2.45, 2.75) is 19.9 Å². The number of hydrogen-bond acceptors (Lipinski definition) is 5. The number of anilines is 1. The van der Waals surface area contributed by atoms with Crippen molar-refractivity contribution in [2.75, 3.05) is 31.1 Å². The van der Waals surface area contributed by atoms with Crippen LogP contribution in [-0.2, 0) is 13.0 Å². The average molecular weight is 410 g/mol. The van der Waals surface area contributed by atoms with E-state index < -0.39 is 0 Å². The first-order valence-electron chi connectivity index (χ1n) is 9.99. The fourth-order valence-electron chi connectivity index (χ4n) is 3.70. The first-order valence-corrected chi connectivity index (χ1v) is 10.9. The lowest BCUT2D eigenvalue weighted by molar-refractivity contribution is -0.914. The molecule has 0 spiro atoms. The molecule has 29 heavy (non-hydrogen) atoms. The third kappa shape index (κ3) is 4.63. The van der Waals surface area contributed by atoms with Gasteiger partial charge < -0.3 is 9.80 Å². The van der Waals surface area contributed by atoms with Gasteiger partial charge in [-0.05, 0) is 24.1 Å². The molecule has 1 saturated heterocycles. The van der Waals surface area contributed by atoms with Gasteiger partial charge in [0.25, 0.3) is 5.69 Å². The third-order valence-electron chi connectivity index (χ3n) is 5.49. The number of nitro groups is 1. The number of hydrogen-bond donors (Lipinski definition) is 1. The number of quaternary nitrogens is 1. The molecule has 4 rings (SSSR count). The minimum atomic E-state index is -0.355. The maximum Gasteiger partial charge on any atom is 0.269 e. The Bertz CT molecular complexity index is 961. The molecule has 6 nitrogen and oxygen atoms in total. The van der Waals surface area contributed by atoms with Crippen LogP contribution in [-0.4, -0.2) is 36.1 Å². The standard InChI is InChI=1S/C22H24N4O2S/c1-2-17-3-5-18(6-4-17)22-23-19(16-29-22)15-24-11-13-25(14-12-24)20-7-9-21(10-8-20)26(27)28/h3-10,16H,2,11-15H2,1H3/p+1. The Morgan fingerprint density at radius 2 is 1.79 bits per heavy atom. The molecule has 1 aliphatic rings. The zero-order valence-corrected chi connectivity index (χ0v) is 17.3. The van der Waals surface area contributed by atoms with Crippen molar-refractivity contribution in [2.24, 2.45) is 0 Å². The Labute approximate surface area is 174 Å². The quantitative estimate of drug-likeness (QED) is 0.502. The minimum absolute atomic E-state index is 0.140. The van der Waals surface area contributed by atoms with Crippen LogP contribution in [0.4, 0.5) is 11.4 Å². The number of non-ortho nitro benzene ring substituents is 1. The number of nitro benzene ring substituents is 1. The summed E-state index contributed by atoms with van der Waals surface area (Å²) in [5.41, 5.74) is 4.89. The van der Waals surface area contributed by atoms with Crippen molar-refractivity contribution in [3.8, 4) is 10.6 Å². The lowest BCUT2D eigenvalue weighted by atomic mass is 10.1. The summed E-state index contributed by atoms with van der Waals surface area (Å²) in [7, 11) is 0. The van der Waals surface area contributed by atoms with Crippen LogP contribution in [0.3, 0.4) is 0 Å². The number of piperazine rings is 1. The Morgan fingerprint density at radius 3 is 2.41 bits per heavy atom. The highest BCUT2D eigenvalue weighted by Gasteiger charge is 2.22. The summed E-state index contributed by atoms with van der Waals surface area (Å²) in [5.74, 6) is 0. The number of aryl methyl sites for hydroxylation is 1. The highest BCUT2D eigenvalue weighted by atomic mass is 32.1. The van der Waals surface area contributed by atoms with E-state index in [4.69, 9.17) is 4.98 Å². The van der Waals surface area contributed by atoms with Crippen molar-refractivity contribution in [3.63, 3.8) is 0 Å². The van der Waals surface area contributed by atoms with Gasteiger partial charge in [0, 0.05) is 28.8 Å². The lowest BCUT2D eigenvalue weighted by Crippen LogP contribution is -3.13. The first-order chi connectivity index (χ1) is 14.1. The molecular weight excluding hydrogens is 384 g/mol. The highest BCUT2D eigenvalue weighted by molar-refractivity contribution is 7.13. The Kier molecular flexibility index (Phi) is 5.87. The van der Waals surface area contributed by atoms with Crippen LogP contribution in [0, 0.1) is 10.1 Å². The van der Waals surface area contributed by atoms with E-state index in [9.17, 15) is 10.1 Å². The molecule has 7 heteroatoms. The van der Waals surface area contributed by atoms with Gasteiger partial charge in [-0.15, -0.1) is 11.3 Å². The molecule has 150 valence electrons. The molecular formula is C22H25N4O2S+. The number of thiazole rings is 1. The summed E-state index contributed by atoms with van der Waals surface area (Å²) in [6.45, 7) is 7.08. The van der Waals surface area contributed by atoms with Gasteiger partial charge in [0.2, 0.25) is 0 Å². The second kappa shape index (κ2) is 8.71. The molecule has 1 fully saturated rings. The molecule has 0 saturated carbocycles. The highest BCUT2D eigenvalue weighted by Crippen LogP contribution is 2.24. The van der Waals surface area contributed by atoms with Crippen LogP contribution >= 0.6 is 11.3 Å². The van der Waals surface area contributed by atoms with Crippen LogP contribution < -0.4 is 9.80 Å². The van der Waals surface area contributed by atoms with Gasteiger partial charge in [-0.1, -0.05) is 31.2 Å². The second-order valence-corrected chi connectivity index (χ2v) is 8.24. The molecule has 0 aliphatic carbocycles. The average Bonchev–Trinajstić information content (AvgIpc) is 3.23. The smallest absolute Gasteiger partial charge is 0.269 e. The molecule has 2 heterocycles. The third-order valence-corrected chi connectivity index (χ3v) is 6.43. The van der Waals surface area contributed by atoms with Gasteiger partial charge in [0.05, 0.1) is 31.1 Å². The van der Waals surface area contributed by atoms with E-state index in [2.05, 4.69) is 41.5 Å². The predicted octanol–water partition coefficient (Wildman–Crippen LogP) is 3.19. The zero-order chi connectivity index (χ0) is 20.2. The normalized spacial score (nSPS) is 14.9. The fraction of sp³-hybridized carbons (Fsp3) is 0.318. The van der Waals surface area contributed by atoms with Crippen molar-refractivity contribution < 1.29 is 9.82 Å². The number of rotatable bonds is 6. The van der Waals surface area contributed by atoms with E-state index in [1.165, 1.54) is 16.0 Å². The fourth-order valence-corrected chi connectivity index (χ4v) is 4.53. The summed E-state index contributed by atoms with van der Waals surface area (Å²) in [6, 6.07) is 15.5. The molecule has 1 aromatic heterocycles. The van der Waals surface area contributed by atoms with E-state index >= 15 is 0 Å². The first kappa shape index (κ1) is 19.5. The SMILES string of the molecule is CCc1ccc(-c2nc(C[NH+]3CCN(c4ccc([N+](=O)[O-])cc4)CC3)cs2)cc1. The zero-order valence-electron chi connectivity index (χ0n) is 16.5. The molecule has 0 bridgehead atoms. The molecule has 0 atom stereocenters. The van der Waals surface area contributed by atoms with Crippen LogP contribution in [0.1, 0.15) is 18.2 Å².